The molecule has 1 saturated carbocycles. The molecule has 2 aliphatic rings. The number of likely N-dealkylation sites (tertiary alicyclic amines) is 1. The average molecular weight is 701 g/mol. The summed E-state index contributed by atoms with van der Waals surface area (Å²) in [5, 5.41) is 6.34. The van der Waals surface area contributed by atoms with Crippen LogP contribution >= 0.6 is 0 Å². The Hall–Kier alpha value is -5.13. The van der Waals surface area contributed by atoms with E-state index in [-0.39, 0.29) is 31.4 Å². The fourth-order valence-corrected chi connectivity index (χ4v) is 6.40. The van der Waals surface area contributed by atoms with E-state index in [9.17, 15) is 19.2 Å². The molecule has 5 rings (SSSR count). The van der Waals surface area contributed by atoms with Crippen LogP contribution in [0.2, 0.25) is 0 Å². The zero-order valence-electron chi connectivity index (χ0n) is 30.4. The average Bonchev–Trinajstić information content (AvgIpc) is 3.65. The van der Waals surface area contributed by atoms with Crippen LogP contribution in [0.5, 0.6) is 11.5 Å². The number of alkyl carbamates (subject to hydrolysis) is 1. The number of hydrogen-bond acceptors (Lipinski definition) is 9. The highest BCUT2D eigenvalue weighted by Crippen LogP contribution is 2.46. The molecule has 2 fully saturated rings. The quantitative estimate of drug-likeness (QED) is 0.187. The van der Waals surface area contributed by atoms with Crippen molar-refractivity contribution in [1.29, 1.82) is 0 Å². The van der Waals surface area contributed by atoms with Crippen molar-refractivity contribution >= 4 is 34.8 Å². The summed E-state index contributed by atoms with van der Waals surface area (Å²) in [4.78, 5) is 60.7. The monoisotopic (exact) mass is 700 g/mol. The van der Waals surface area contributed by atoms with Crippen LogP contribution in [0.15, 0.2) is 67.3 Å². The van der Waals surface area contributed by atoms with E-state index in [1.807, 2.05) is 54.6 Å². The lowest BCUT2D eigenvalue weighted by Crippen LogP contribution is -2.57. The molecule has 51 heavy (non-hydrogen) atoms. The number of benzene rings is 2. The van der Waals surface area contributed by atoms with E-state index in [4.69, 9.17) is 23.9 Å². The Morgan fingerprint density at radius 3 is 2.43 bits per heavy atom. The summed E-state index contributed by atoms with van der Waals surface area (Å²) in [5.41, 5.74) is 0.152. The van der Waals surface area contributed by atoms with Crippen LogP contribution in [-0.4, -0.2) is 83.3 Å². The normalized spacial score (nSPS) is 21.8. The predicted molar refractivity (Wildman–Crippen MR) is 192 cm³/mol. The van der Waals surface area contributed by atoms with Crippen LogP contribution < -0.4 is 20.1 Å². The number of fused-ring (bicyclic) bond motifs is 1. The van der Waals surface area contributed by atoms with Gasteiger partial charge in [0.15, 0.2) is 0 Å². The summed E-state index contributed by atoms with van der Waals surface area (Å²) in [6, 6.07) is 15.0. The van der Waals surface area contributed by atoms with Crippen molar-refractivity contribution in [1.82, 2.24) is 20.5 Å². The Labute approximate surface area is 298 Å². The maximum atomic E-state index is 14.3. The number of ether oxygens (including phenoxy) is 4. The van der Waals surface area contributed by atoms with Crippen LogP contribution in [0.1, 0.15) is 54.4 Å². The second kappa shape index (κ2) is 15.0. The van der Waals surface area contributed by atoms with Crippen LogP contribution in [0.4, 0.5) is 4.79 Å². The first kappa shape index (κ1) is 37.1. The molecule has 3 amide bonds. The number of rotatable bonds is 12. The number of methoxy groups -OCH3 is 1. The Morgan fingerprint density at radius 1 is 1.10 bits per heavy atom. The van der Waals surface area contributed by atoms with Gasteiger partial charge >= 0.3 is 12.1 Å². The first-order valence-corrected chi connectivity index (χ1v) is 17.3. The van der Waals surface area contributed by atoms with Gasteiger partial charge in [0.25, 0.3) is 0 Å². The van der Waals surface area contributed by atoms with Gasteiger partial charge in [0.1, 0.15) is 40.8 Å². The van der Waals surface area contributed by atoms with Crippen LogP contribution in [0, 0.1) is 11.8 Å². The maximum absolute atomic E-state index is 14.3. The molecule has 0 radical (unpaired) electrons. The van der Waals surface area contributed by atoms with Crippen molar-refractivity contribution in [2.75, 3.05) is 20.3 Å². The van der Waals surface area contributed by atoms with Crippen molar-refractivity contribution < 1.29 is 38.1 Å². The summed E-state index contributed by atoms with van der Waals surface area (Å²) in [7, 11) is 1.59. The SMILES string of the molecule is C=C[C@@H]1C[C@]1(NC(=O)[C@@H]1C[C@@H](Oc2cc(-c3ccccc3)nc3cc(OC)ccc23)CN1C(=O)[C@@H](NC(=O)OC(C)(C)C)C(C)C)C(=O)OCC. The first-order valence-electron chi connectivity index (χ1n) is 17.3. The number of hydrogen-bond donors (Lipinski definition) is 2. The van der Waals surface area contributed by atoms with Gasteiger partial charge in [-0.25, -0.2) is 14.6 Å². The van der Waals surface area contributed by atoms with Gasteiger partial charge < -0.3 is 34.5 Å². The molecule has 272 valence electrons. The summed E-state index contributed by atoms with van der Waals surface area (Å²) in [6.07, 6.45) is 0.693. The van der Waals surface area contributed by atoms with Gasteiger partial charge in [0.05, 0.1) is 31.5 Å². The zero-order chi connectivity index (χ0) is 37.1. The molecule has 2 aromatic carbocycles. The fourth-order valence-electron chi connectivity index (χ4n) is 6.40. The standard InChI is InChI=1S/C39H48N4O8/c1-9-25-21-39(25,36(46)49-10-2)42-34(44)31-19-27(22-43(31)35(45)33(23(3)4)41-37(47)51-38(5,6)7)50-32-20-29(24-14-12-11-13-15-24)40-30-18-26(48-8)16-17-28(30)32/h9,11-18,20,23,25,27,31,33H,1,10,19,21-22H2,2-8H3,(H,41,47)(H,42,44)/t25-,27-,31+,33+,39-/m1/s1. The van der Waals surface area contributed by atoms with Gasteiger partial charge in [0, 0.05) is 35.4 Å². The highest BCUT2D eigenvalue weighted by molar-refractivity contribution is 5.97. The molecule has 1 saturated heterocycles. The minimum atomic E-state index is -1.26. The molecule has 1 aromatic heterocycles. The maximum Gasteiger partial charge on any atom is 0.408 e. The molecule has 2 heterocycles. The van der Waals surface area contributed by atoms with Gasteiger partial charge in [-0.2, -0.15) is 0 Å². The van der Waals surface area contributed by atoms with Crippen molar-refractivity contribution in [2.24, 2.45) is 11.8 Å². The second-order valence-electron chi connectivity index (χ2n) is 14.3. The first-order chi connectivity index (χ1) is 24.2. The molecule has 1 aliphatic carbocycles. The van der Waals surface area contributed by atoms with Crippen LogP contribution in [0.3, 0.4) is 0 Å². The Kier molecular flexibility index (Phi) is 10.9. The smallest absolute Gasteiger partial charge is 0.408 e. The molecule has 12 nitrogen and oxygen atoms in total. The van der Waals surface area contributed by atoms with E-state index in [0.29, 0.717) is 29.1 Å². The highest BCUT2D eigenvalue weighted by atomic mass is 16.6. The summed E-state index contributed by atoms with van der Waals surface area (Å²) in [5.74, 6) is -1.06. The van der Waals surface area contributed by atoms with E-state index in [0.717, 1.165) is 10.9 Å². The number of carbonyl (C=O) groups is 4. The third-order valence-electron chi connectivity index (χ3n) is 9.08. The van der Waals surface area contributed by atoms with Gasteiger partial charge in [-0.1, -0.05) is 50.3 Å². The molecular weight excluding hydrogens is 652 g/mol. The van der Waals surface area contributed by atoms with Gasteiger partial charge in [0.2, 0.25) is 11.8 Å². The fraction of sp³-hybridized carbons (Fsp3) is 0.462. The Bertz CT molecular complexity index is 1790. The van der Waals surface area contributed by atoms with Gasteiger partial charge in [-0.05, 0) is 52.2 Å². The predicted octanol–water partition coefficient (Wildman–Crippen LogP) is 5.43. The van der Waals surface area contributed by atoms with Crippen molar-refractivity contribution in [3.05, 3.63) is 67.3 Å². The Morgan fingerprint density at radius 2 is 1.82 bits per heavy atom. The van der Waals surface area contributed by atoms with Gasteiger partial charge in [-0.15, -0.1) is 6.58 Å². The molecule has 2 N–H and O–H groups in total. The number of nitrogens with one attached hydrogen (secondary N) is 2. The third kappa shape index (κ3) is 8.27. The lowest BCUT2D eigenvalue weighted by molar-refractivity contribution is -0.150. The Balaban J connectivity index is 1.49. The van der Waals surface area contributed by atoms with E-state index in [1.54, 1.807) is 54.7 Å². The topological polar surface area (TPSA) is 145 Å². The summed E-state index contributed by atoms with van der Waals surface area (Å²) in [6.45, 7) is 14.5. The molecule has 12 heteroatoms. The molecule has 0 unspecified atom stereocenters. The third-order valence-corrected chi connectivity index (χ3v) is 9.08. The van der Waals surface area contributed by atoms with E-state index in [2.05, 4.69) is 17.2 Å². The highest BCUT2D eigenvalue weighted by Gasteiger charge is 2.62. The number of esters is 1. The van der Waals surface area contributed by atoms with Gasteiger partial charge in [-0.3, -0.25) is 9.59 Å². The molecule has 5 atom stereocenters. The molecule has 1 aliphatic heterocycles. The lowest BCUT2D eigenvalue weighted by atomic mass is 10.0. The largest absolute Gasteiger partial charge is 0.497 e. The lowest BCUT2D eigenvalue weighted by Gasteiger charge is -2.31. The molecule has 3 aromatic rings. The number of pyridine rings is 1. The number of nitrogens with zero attached hydrogens (tertiary/aromatic N) is 2. The van der Waals surface area contributed by atoms with E-state index in [1.165, 1.54) is 4.90 Å². The summed E-state index contributed by atoms with van der Waals surface area (Å²) >= 11 is 0. The second-order valence-corrected chi connectivity index (χ2v) is 14.3. The van der Waals surface area contributed by atoms with Crippen molar-refractivity contribution in [3.63, 3.8) is 0 Å². The minimum Gasteiger partial charge on any atom is -0.497 e. The number of carbonyl (C=O) groups excluding carboxylic acids is 4. The number of aromatic nitrogens is 1. The molecule has 0 bridgehead atoms. The molecule has 0 spiro atoms. The zero-order valence-corrected chi connectivity index (χ0v) is 30.4. The van der Waals surface area contributed by atoms with E-state index < -0.39 is 53.2 Å². The van der Waals surface area contributed by atoms with Crippen LogP contribution in [-0.2, 0) is 23.9 Å². The van der Waals surface area contributed by atoms with Crippen LogP contribution in [0.25, 0.3) is 22.2 Å². The van der Waals surface area contributed by atoms with Crippen molar-refractivity contribution in [3.8, 4) is 22.8 Å². The minimum absolute atomic E-state index is 0.0358. The van der Waals surface area contributed by atoms with E-state index >= 15 is 0 Å². The summed E-state index contributed by atoms with van der Waals surface area (Å²) < 4.78 is 22.9. The number of amides is 3. The van der Waals surface area contributed by atoms with Crippen molar-refractivity contribution in [2.45, 2.75) is 83.7 Å². The molecular formula is C39H48N4O8.